The van der Waals surface area contributed by atoms with Crippen LogP contribution in [0.2, 0.25) is 0 Å². The smallest absolute Gasteiger partial charge is 0.256 e. The van der Waals surface area contributed by atoms with Gasteiger partial charge in [0.15, 0.2) is 0 Å². The highest BCUT2D eigenvalue weighted by atomic mass is 19.1. The Balaban J connectivity index is 1.44. The fourth-order valence-electron chi connectivity index (χ4n) is 4.85. The highest BCUT2D eigenvalue weighted by Gasteiger charge is 2.36. The number of carbonyl (C=O) groups excluding carboxylic acids is 2. The van der Waals surface area contributed by atoms with Gasteiger partial charge in [0.25, 0.3) is 5.91 Å². The van der Waals surface area contributed by atoms with Crippen LogP contribution in [0.4, 0.5) is 4.39 Å². The number of aryl methyl sites for hydroxylation is 1. The van der Waals surface area contributed by atoms with Crippen molar-refractivity contribution >= 4 is 11.8 Å². The minimum atomic E-state index is -0.721. The summed E-state index contributed by atoms with van der Waals surface area (Å²) in [5, 5.41) is 4.34. The number of piperidine rings is 1. The molecule has 2 heterocycles. The van der Waals surface area contributed by atoms with E-state index in [1.807, 2.05) is 0 Å². The van der Waals surface area contributed by atoms with Gasteiger partial charge in [0.1, 0.15) is 11.6 Å². The van der Waals surface area contributed by atoms with E-state index in [0.717, 1.165) is 49.6 Å². The van der Waals surface area contributed by atoms with Crippen molar-refractivity contribution < 1.29 is 18.5 Å². The number of amides is 2. The Bertz CT molecular complexity index is 1000. The van der Waals surface area contributed by atoms with Crippen LogP contribution in [0.5, 0.6) is 0 Å². The third-order valence-corrected chi connectivity index (χ3v) is 6.94. The molecule has 1 atom stereocenters. The number of nitrogens with two attached hydrogens (primary N) is 1. The molecule has 1 saturated heterocycles. The van der Waals surface area contributed by atoms with Crippen LogP contribution in [-0.4, -0.2) is 35.0 Å². The summed E-state index contributed by atoms with van der Waals surface area (Å²) in [6.07, 6.45) is 4.60. The average molecular weight is 428 g/mol. The SMILES string of the molecule is CC(C)(C)[C@H]1CCc2noc(C3CCN(C(=O)c4ccc(C(N)=O)cc4F)CC3)c2C1. The normalized spacial score (nSPS) is 19.9. The molecular formula is C24H30FN3O3. The lowest BCUT2D eigenvalue weighted by Crippen LogP contribution is -2.38. The summed E-state index contributed by atoms with van der Waals surface area (Å²) in [6, 6.07) is 3.75. The number of rotatable bonds is 3. The van der Waals surface area contributed by atoms with Crippen molar-refractivity contribution in [3.8, 4) is 0 Å². The molecule has 1 fully saturated rings. The van der Waals surface area contributed by atoms with Crippen LogP contribution < -0.4 is 5.73 Å². The first kappa shape index (κ1) is 21.5. The Morgan fingerprint density at radius 1 is 1.19 bits per heavy atom. The van der Waals surface area contributed by atoms with Crippen molar-refractivity contribution in [3.63, 3.8) is 0 Å². The Kier molecular flexibility index (Phi) is 5.62. The number of halogens is 1. The third-order valence-electron chi connectivity index (χ3n) is 6.94. The molecule has 31 heavy (non-hydrogen) atoms. The molecule has 2 amide bonds. The quantitative estimate of drug-likeness (QED) is 0.799. The van der Waals surface area contributed by atoms with Crippen molar-refractivity contribution in [1.29, 1.82) is 0 Å². The number of hydrogen-bond donors (Lipinski definition) is 1. The molecule has 0 bridgehead atoms. The zero-order valence-electron chi connectivity index (χ0n) is 18.4. The number of likely N-dealkylation sites (tertiary alicyclic amines) is 1. The molecular weight excluding hydrogens is 397 g/mol. The molecule has 1 aromatic heterocycles. The van der Waals surface area contributed by atoms with Gasteiger partial charge in [0.2, 0.25) is 5.91 Å². The summed E-state index contributed by atoms with van der Waals surface area (Å²) in [7, 11) is 0. The minimum absolute atomic E-state index is 0.0338. The molecule has 1 aliphatic carbocycles. The van der Waals surface area contributed by atoms with Crippen LogP contribution in [0.25, 0.3) is 0 Å². The summed E-state index contributed by atoms with van der Waals surface area (Å²) in [5.74, 6) is 0.00317. The number of hydrogen-bond acceptors (Lipinski definition) is 4. The van der Waals surface area contributed by atoms with Crippen molar-refractivity contribution in [1.82, 2.24) is 10.1 Å². The first-order valence-electron chi connectivity index (χ1n) is 11.0. The van der Waals surface area contributed by atoms with Gasteiger partial charge in [0.05, 0.1) is 11.3 Å². The molecule has 7 heteroatoms. The minimum Gasteiger partial charge on any atom is -0.366 e. The van der Waals surface area contributed by atoms with E-state index in [2.05, 4.69) is 25.9 Å². The Hall–Kier alpha value is -2.70. The van der Waals surface area contributed by atoms with Gasteiger partial charge < -0.3 is 15.2 Å². The standard InChI is InChI=1S/C24H30FN3O3/c1-24(2,3)16-5-7-20-18(13-16)21(31-27-20)14-8-10-28(11-9-14)23(30)17-6-4-15(22(26)29)12-19(17)25/h4,6,12,14,16H,5,7-11,13H2,1-3H3,(H2,26,29)/t16-/m0/s1. The highest BCUT2D eigenvalue weighted by Crippen LogP contribution is 2.41. The monoisotopic (exact) mass is 427 g/mol. The van der Waals surface area contributed by atoms with Gasteiger partial charge >= 0.3 is 0 Å². The first-order chi connectivity index (χ1) is 14.6. The maximum atomic E-state index is 14.4. The van der Waals surface area contributed by atoms with Gasteiger partial charge in [-0.2, -0.15) is 0 Å². The number of carbonyl (C=O) groups is 2. The van der Waals surface area contributed by atoms with E-state index in [1.165, 1.54) is 17.7 Å². The molecule has 2 aromatic rings. The van der Waals surface area contributed by atoms with Gasteiger partial charge in [-0.1, -0.05) is 25.9 Å². The number of aromatic nitrogens is 1. The molecule has 0 radical (unpaired) electrons. The number of primary amides is 1. The van der Waals surface area contributed by atoms with Gasteiger partial charge in [-0.25, -0.2) is 4.39 Å². The van der Waals surface area contributed by atoms with E-state index in [1.54, 1.807) is 4.90 Å². The van der Waals surface area contributed by atoms with Crippen LogP contribution in [0.15, 0.2) is 22.7 Å². The van der Waals surface area contributed by atoms with Gasteiger partial charge in [-0.15, -0.1) is 0 Å². The van der Waals surface area contributed by atoms with Crippen molar-refractivity contribution in [2.75, 3.05) is 13.1 Å². The summed E-state index contributed by atoms with van der Waals surface area (Å²) in [4.78, 5) is 25.7. The second-order valence-electron chi connectivity index (χ2n) is 9.90. The van der Waals surface area contributed by atoms with Gasteiger partial charge in [0, 0.05) is 30.1 Å². The van der Waals surface area contributed by atoms with E-state index in [4.69, 9.17) is 10.3 Å². The largest absolute Gasteiger partial charge is 0.366 e. The molecule has 2 aliphatic rings. The fourth-order valence-corrected chi connectivity index (χ4v) is 4.85. The Morgan fingerprint density at radius 2 is 1.90 bits per heavy atom. The third kappa shape index (κ3) is 4.23. The van der Waals surface area contributed by atoms with Gasteiger partial charge in [-0.3, -0.25) is 9.59 Å². The first-order valence-corrected chi connectivity index (χ1v) is 11.0. The van der Waals surface area contributed by atoms with Crippen LogP contribution >= 0.6 is 0 Å². The van der Waals surface area contributed by atoms with E-state index in [9.17, 15) is 14.0 Å². The van der Waals surface area contributed by atoms with Crippen LogP contribution in [-0.2, 0) is 12.8 Å². The predicted molar refractivity (Wildman–Crippen MR) is 114 cm³/mol. The molecule has 0 saturated carbocycles. The average Bonchev–Trinajstić information content (AvgIpc) is 3.16. The van der Waals surface area contributed by atoms with Crippen molar-refractivity contribution in [2.45, 2.75) is 58.8 Å². The zero-order valence-corrected chi connectivity index (χ0v) is 18.4. The lowest BCUT2D eigenvalue weighted by atomic mass is 9.71. The van der Waals surface area contributed by atoms with Crippen molar-refractivity contribution in [2.24, 2.45) is 17.1 Å². The molecule has 2 N–H and O–H groups in total. The lowest BCUT2D eigenvalue weighted by Gasteiger charge is -2.35. The fraction of sp³-hybridized carbons (Fsp3) is 0.542. The summed E-state index contributed by atoms with van der Waals surface area (Å²) >= 11 is 0. The number of benzene rings is 1. The molecule has 166 valence electrons. The number of fused-ring (bicyclic) bond motifs is 1. The van der Waals surface area contributed by atoms with Crippen LogP contribution in [0, 0.1) is 17.2 Å². The zero-order chi connectivity index (χ0) is 22.3. The maximum Gasteiger partial charge on any atom is 0.256 e. The molecule has 1 aliphatic heterocycles. The van der Waals surface area contributed by atoms with Crippen molar-refractivity contribution in [3.05, 3.63) is 52.2 Å². The second kappa shape index (κ2) is 8.09. The second-order valence-corrected chi connectivity index (χ2v) is 9.90. The summed E-state index contributed by atoms with van der Waals surface area (Å²) in [6.45, 7) is 7.91. The lowest BCUT2D eigenvalue weighted by molar-refractivity contribution is 0.0700. The van der Waals surface area contributed by atoms with E-state index < -0.39 is 11.7 Å². The molecule has 4 rings (SSSR count). The van der Waals surface area contributed by atoms with Gasteiger partial charge in [-0.05, 0) is 61.6 Å². The maximum absolute atomic E-state index is 14.4. The van der Waals surface area contributed by atoms with E-state index in [0.29, 0.717) is 19.0 Å². The number of nitrogens with zero attached hydrogens (tertiary/aromatic N) is 2. The summed E-state index contributed by atoms with van der Waals surface area (Å²) in [5.41, 5.74) is 7.80. The molecule has 1 aromatic carbocycles. The Morgan fingerprint density at radius 3 is 2.52 bits per heavy atom. The van der Waals surface area contributed by atoms with Crippen LogP contribution in [0.3, 0.4) is 0 Å². The van der Waals surface area contributed by atoms with E-state index >= 15 is 0 Å². The highest BCUT2D eigenvalue weighted by molar-refractivity contribution is 5.97. The van der Waals surface area contributed by atoms with Crippen LogP contribution in [0.1, 0.15) is 83.7 Å². The molecule has 6 nitrogen and oxygen atoms in total. The summed E-state index contributed by atoms with van der Waals surface area (Å²) < 4.78 is 20.2. The predicted octanol–water partition coefficient (Wildman–Crippen LogP) is 4.08. The Labute approximate surface area is 182 Å². The topological polar surface area (TPSA) is 89.4 Å². The van der Waals surface area contributed by atoms with E-state index in [-0.39, 0.29) is 28.4 Å². The molecule has 0 spiro atoms. The molecule has 0 unspecified atom stereocenters.